The summed E-state index contributed by atoms with van der Waals surface area (Å²) in [5.41, 5.74) is 1.63. The van der Waals surface area contributed by atoms with E-state index in [1.54, 1.807) is 31.4 Å². The molecular formula is C18H15ClN2O5. The topological polar surface area (TPSA) is 90.7 Å². The van der Waals surface area contributed by atoms with Gasteiger partial charge in [0.05, 0.1) is 24.3 Å². The van der Waals surface area contributed by atoms with Gasteiger partial charge in [-0.15, -0.1) is 0 Å². The van der Waals surface area contributed by atoms with Crippen molar-refractivity contribution < 1.29 is 19.2 Å². The second-order valence-corrected chi connectivity index (χ2v) is 5.87. The lowest BCUT2D eigenvalue weighted by molar-refractivity contribution is -0.384. The Morgan fingerprint density at radius 2 is 2.04 bits per heavy atom. The maximum absolute atomic E-state index is 12.3. The van der Waals surface area contributed by atoms with Crippen LogP contribution in [0, 0.1) is 10.1 Å². The predicted molar refractivity (Wildman–Crippen MR) is 98.8 cm³/mol. The zero-order valence-corrected chi connectivity index (χ0v) is 14.8. The molecule has 1 amide bonds. The molecule has 8 heteroatoms. The summed E-state index contributed by atoms with van der Waals surface area (Å²) in [5, 5.41) is 13.8. The second-order valence-electron chi connectivity index (χ2n) is 5.46. The maximum atomic E-state index is 12.3. The Balaban J connectivity index is 2.08. The highest BCUT2D eigenvalue weighted by molar-refractivity contribution is 6.37. The lowest BCUT2D eigenvalue weighted by Gasteiger charge is -2.10. The Morgan fingerprint density at radius 1 is 1.27 bits per heavy atom. The van der Waals surface area contributed by atoms with E-state index in [2.05, 4.69) is 5.32 Å². The van der Waals surface area contributed by atoms with Gasteiger partial charge >= 0.3 is 0 Å². The Hall–Kier alpha value is -3.06. The van der Waals surface area contributed by atoms with Crippen LogP contribution in [0.25, 0.3) is 11.6 Å². The van der Waals surface area contributed by atoms with E-state index >= 15 is 0 Å². The molecule has 0 aliphatic carbocycles. The molecule has 0 aromatic heterocycles. The third-order valence-electron chi connectivity index (χ3n) is 3.87. The van der Waals surface area contributed by atoms with Crippen LogP contribution in [-0.4, -0.2) is 24.5 Å². The number of carbonyl (C=O) groups excluding carboxylic acids is 1. The fourth-order valence-corrected chi connectivity index (χ4v) is 2.93. The number of hydrogen-bond donors (Lipinski definition) is 1. The van der Waals surface area contributed by atoms with Gasteiger partial charge in [-0.1, -0.05) is 17.7 Å². The summed E-state index contributed by atoms with van der Waals surface area (Å²) in [6.07, 6.45) is 1.64. The van der Waals surface area contributed by atoms with E-state index in [1.165, 1.54) is 12.1 Å². The average Bonchev–Trinajstić information content (AvgIpc) is 2.89. The predicted octanol–water partition coefficient (Wildman–Crippen LogP) is 4.15. The molecule has 0 spiro atoms. The van der Waals surface area contributed by atoms with Crippen molar-refractivity contribution in [3.8, 4) is 11.5 Å². The largest absolute Gasteiger partial charge is 0.493 e. The number of hydrogen-bond acceptors (Lipinski definition) is 5. The number of nitrogens with one attached hydrogen (secondary N) is 1. The highest BCUT2D eigenvalue weighted by Gasteiger charge is 2.28. The van der Waals surface area contributed by atoms with Crippen molar-refractivity contribution in [1.29, 1.82) is 0 Å². The van der Waals surface area contributed by atoms with Gasteiger partial charge in [0.25, 0.3) is 11.6 Å². The fraction of sp³-hybridized carbons (Fsp3) is 0.167. The van der Waals surface area contributed by atoms with Gasteiger partial charge in [-0.25, -0.2) is 0 Å². The first-order chi connectivity index (χ1) is 12.4. The van der Waals surface area contributed by atoms with Crippen molar-refractivity contribution in [2.75, 3.05) is 19.0 Å². The number of rotatable bonds is 5. The Labute approximate surface area is 154 Å². The van der Waals surface area contributed by atoms with Gasteiger partial charge in [0.2, 0.25) is 0 Å². The molecule has 0 radical (unpaired) electrons. The zero-order chi connectivity index (χ0) is 18.8. The van der Waals surface area contributed by atoms with E-state index < -0.39 is 4.92 Å². The Kier molecular flexibility index (Phi) is 4.81. The molecule has 1 aliphatic heterocycles. The minimum absolute atomic E-state index is 0.0293. The van der Waals surface area contributed by atoms with Crippen LogP contribution in [-0.2, 0) is 4.79 Å². The van der Waals surface area contributed by atoms with Crippen LogP contribution >= 0.6 is 11.6 Å². The molecule has 0 atom stereocenters. The monoisotopic (exact) mass is 374 g/mol. The summed E-state index contributed by atoms with van der Waals surface area (Å²) < 4.78 is 10.8. The van der Waals surface area contributed by atoms with Gasteiger partial charge in [0, 0.05) is 17.2 Å². The molecule has 0 bridgehead atoms. The molecular weight excluding hydrogens is 360 g/mol. The van der Waals surface area contributed by atoms with Gasteiger partial charge in [-0.05, 0) is 36.8 Å². The van der Waals surface area contributed by atoms with Crippen LogP contribution in [0.1, 0.15) is 18.1 Å². The third-order valence-corrected chi connectivity index (χ3v) is 4.17. The number of halogens is 1. The van der Waals surface area contributed by atoms with Crippen LogP contribution in [0.5, 0.6) is 11.5 Å². The molecule has 2 aromatic rings. The van der Waals surface area contributed by atoms with Crippen molar-refractivity contribution in [3.63, 3.8) is 0 Å². The van der Waals surface area contributed by atoms with E-state index in [4.69, 9.17) is 21.1 Å². The fourth-order valence-electron chi connectivity index (χ4n) is 2.70. The van der Waals surface area contributed by atoms with Crippen molar-refractivity contribution in [2.45, 2.75) is 6.92 Å². The number of benzene rings is 2. The summed E-state index contributed by atoms with van der Waals surface area (Å²) in [6, 6.07) is 7.92. The first-order valence-electron chi connectivity index (χ1n) is 7.76. The van der Waals surface area contributed by atoms with E-state index in [-0.39, 0.29) is 16.6 Å². The molecule has 1 aliphatic rings. The van der Waals surface area contributed by atoms with Crippen LogP contribution in [0.3, 0.4) is 0 Å². The summed E-state index contributed by atoms with van der Waals surface area (Å²) in [6.45, 7) is 2.32. The van der Waals surface area contributed by atoms with E-state index in [9.17, 15) is 14.9 Å². The van der Waals surface area contributed by atoms with Gasteiger partial charge < -0.3 is 14.8 Å². The lowest BCUT2D eigenvalue weighted by atomic mass is 10.0. The molecule has 134 valence electrons. The number of anilines is 1. The molecule has 0 unspecified atom stereocenters. The highest BCUT2D eigenvalue weighted by Crippen LogP contribution is 2.40. The maximum Gasteiger partial charge on any atom is 0.288 e. The molecule has 3 rings (SSSR count). The second kappa shape index (κ2) is 7.05. The number of nitro benzene ring substituents is 1. The van der Waals surface area contributed by atoms with E-state index in [1.807, 2.05) is 6.92 Å². The highest BCUT2D eigenvalue weighted by atomic mass is 35.5. The molecule has 7 nitrogen and oxygen atoms in total. The summed E-state index contributed by atoms with van der Waals surface area (Å²) in [5.74, 6) is 0.767. The smallest absolute Gasteiger partial charge is 0.288 e. The molecule has 26 heavy (non-hydrogen) atoms. The van der Waals surface area contributed by atoms with Crippen LogP contribution in [0.2, 0.25) is 5.02 Å². The molecule has 0 fully saturated rings. The van der Waals surface area contributed by atoms with Gasteiger partial charge in [-0.3, -0.25) is 14.9 Å². The van der Waals surface area contributed by atoms with Crippen molar-refractivity contribution >= 4 is 40.5 Å². The van der Waals surface area contributed by atoms with Crippen molar-refractivity contribution in [1.82, 2.24) is 0 Å². The number of ether oxygens (including phenoxy) is 2. The van der Waals surface area contributed by atoms with Crippen molar-refractivity contribution in [2.24, 2.45) is 0 Å². The quantitative estimate of drug-likeness (QED) is 0.482. The number of nitrogens with zero attached hydrogens (tertiary/aromatic N) is 1. The first-order valence-corrected chi connectivity index (χ1v) is 8.14. The number of nitro groups is 1. The minimum Gasteiger partial charge on any atom is -0.493 e. The molecule has 0 saturated heterocycles. The number of carbonyl (C=O) groups is 1. The normalized spacial score (nSPS) is 14.1. The van der Waals surface area contributed by atoms with E-state index in [0.717, 1.165) is 0 Å². The number of fused-ring (bicyclic) bond motifs is 1. The summed E-state index contributed by atoms with van der Waals surface area (Å²) >= 11 is 5.90. The molecule has 1 N–H and O–H groups in total. The number of amides is 1. The van der Waals surface area contributed by atoms with Gasteiger partial charge in [0.1, 0.15) is 5.02 Å². The van der Waals surface area contributed by atoms with Crippen LogP contribution < -0.4 is 14.8 Å². The molecule has 2 aromatic carbocycles. The first kappa shape index (κ1) is 17.8. The van der Waals surface area contributed by atoms with Gasteiger partial charge in [-0.2, -0.15) is 0 Å². The van der Waals surface area contributed by atoms with Crippen molar-refractivity contribution in [3.05, 3.63) is 56.6 Å². The number of methoxy groups -OCH3 is 1. The lowest BCUT2D eigenvalue weighted by Crippen LogP contribution is -2.03. The Bertz CT molecular complexity index is 939. The van der Waals surface area contributed by atoms with Gasteiger partial charge in [0.15, 0.2) is 11.5 Å². The Morgan fingerprint density at radius 3 is 2.69 bits per heavy atom. The summed E-state index contributed by atoms with van der Waals surface area (Å²) in [7, 11) is 1.54. The van der Waals surface area contributed by atoms with E-state index in [0.29, 0.717) is 40.5 Å². The molecule has 1 heterocycles. The minimum atomic E-state index is -0.580. The SMILES string of the molecule is CCOc1cc(/C=C2/C(=O)Nc3cc(Cl)c([N+](=O)[O-])cc32)ccc1OC. The third kappa shape index (κ3) is 3.21. The molecule has 0 saturated carbocycles. The van der Waals surface area contributed by atoms with Crippen LogP contribution in [0.4, 0.5) is 11.4 Å². The zero-order valence-electron chi connectivity index (χ0n) is 14.0. The van der Waals surface area contributed by atoms with Crippen LogP contribution in [0.15, 0.2) is 30.3 Å². The summed E-state index contributed by atoms with van der Waals surface area (Å²) in [4.78, 5) is 22.9. The average molecular weight is 375 g/mol. The standard InChI is InChI=1S/C18H15ClN2O5/c1-3-26-17-7-10(4-5-16(17)25-2)6-12-11-8-15(21(23)24)13(19)9-14(11)20-18(12)22/h4-9H,3H2,1-2H3,(H,20,22)/b12-6+.